The minimum atomic E-state index is -0.349. The number of benzene rings is 2. The molecule has 2 N–H and O–H groups in total. The number of anilines is 4. The maximum absolute atomic E-state index is 13.9. The number of nitrogens with one attached hydrogen (secondary N) is 2. The van der Waals surface area contributed by atoms with E-state index in [-0.39, 0.29) is 11.8 Å². The predicted molar refractivity (Wildman–Crippen MR) is 116 cm³/mol. The van der Waals surface area contributed by atoms with Crippen LogP contribution in [0.1, 0.15) is 0 Å². The standard InChI is InChI=1S/C21H20ClFN6O/c22-15-5-7-16(8-6-15)25-21(30)29-13-11-28(12-14-29)20-24-10-9-19(27-20)26-18-4-2-1-3-17(18)23/h1-10H,11-14H2,(H,25,30)(H,24,26,27). The Morgan fingerprint density at radius 2 is 1.73 bits per heavy atom. The smallest absolute Gasteiger partial charge is 0.321 e. The van der Waals surface area contributed by atoms with Crippen LogP contribution in [0.25, 0.3) is 0 Å². The highest BCUT2D eigenvalue weighted by Crippen LogP contribution is 2.20. The van der Waals surface area contributed by atoms with Gasteiger partial charge in [-0.05, 0) is 42.5 Å². The lowest BCUT2D eigenvalue weighted by Crippen LogP contribution is -2.50. The molecule has 2 aromatic carbocycles. The van der Waals surface area contributed by atoms with Gasteiger partial charge in [0.15, 0.2) is 0 Å². The third kappa shape index (κ3) is 4.77. The zero-order valence-electron chi connectivity index (χ0n) is 16.1. The van der Waals surface area contributed by atoms with Crippen molar-refractivity contribution >= 4 is 40.8 Å². The van der Waals surface area contributed by atoms with Gasteiger partial charge in [-0.2, -0.15) is 4.98 Å². The molecule has 1 saturated heterocycles. The van der Waals surface area contributed by atoms with Crippen molar-refractivity contribution in [2.75, 3.05) is 41.7 Å². The summed E-state index contributed by atoms with van der Waals surface area (Å²) in [7, 11) is 0. The van der Waals surface area contributed by atoms with E-state index in [1.165, 1.54) is 6.07 Å². The lowest BCUT2D eigenvalue weighted by atomic mass is 10.3. The van der Waals surface area contributed by atoms with Crippen LogP contribution in [0.4, 0.5) is 32.3 Å². The molecule has 2 amide bonds. The first-order valence-corrected chi connectivity index (χ1v) is 9.87. The Balaban J connectivity index is 1.35. The van der Waals surface area contributed by atoms with Crippen LogP contribution in [-0.4, -0.2) is 47.1 Å². The van der Waals surface area contributed by atoms with Gasteiger partial charge in [0.2, 0.25) is 5.95 Å². The summed E-state index contributed by atoms with van der Waals surface area (Å²) in [6, 6.07) is 14.9. The van der Waals surface area contributed by atoms with Gasteiger partial charge in [0, 0.05) is 43.1 Å². The number of nitrogens with zero attached hydrogens (tertiary/aromatic N) is 4. The number of hydrogen-bond donors (Lipinski definition) is 2. The van der Waals surface area contributed by atoms with Gasteiger partial charge in [-0.25, -0.2) is 14.2 Å². The van der Waals surface area contributed by atoms with Crippen molar-refractivity contribution in [3.63, 3.8) is 0 Å². The third-order valence-electron chi connectivity index (χ3n) is 4.72. The van der Waals surface area contributed by atoms with Gasteiger partial charge < -0.3 is 20.4 Å². The molecule has 154 valence electrons. The van der Waals surface area contributed by atoms with Gasteiger partial charge in [0.1, 0.15) is 11.6 Å². The van der Waals surface area contributed by atoms with Crippen molar-refractivity contribution in [1.29, 1.82) is 0 Å². The first kappa shape index (κ1) is 19.9. The van der Waals surface area contributed by atoms with Crippen LogP contribution in [0.3, 0.4) is 0 Å². The minimum Gasteiger partial charge on any atom is -0.338 e. The summed E-state index contributed by atoms with van der Waals surface area (Å²) in [5.41, 5.74) is 1.05. The Bertz CT molecular complexity index is 1020. The van der Waals surface area contributed by atoms with Crippen LogP contribution in [0.15, 0.2) is 60.8 Å². The molecule has 0 atom stereocenters. The van der Waals surface area contributed by atoms with Crippen LogP contribution in [0.5, 0.6) is 0 Å². The average Bonchev–Trinajstić information content (AvgIpc) is 2.77. The molecule has 1 aliphatic heterocycles. The molecule has 1 aromatic heterocycles. The molecule has 2 heterocycles. The summed E-state index contributed by atoms with van der Waals surface area (Å²) in [5.74, 6) is 0.695. The number of rotatable bonds is 4. The highest BCUT2D eigenvalue weighted by molar-refractivity contribution is 6.30. The van der Waals surface area contributed by atoms with Crippen molar-refractivity contribution in [2.45, 2.75) is 0 Å². The molecule has 0 spiro atoms. The second kappa shape index (κ2) is 8.96. The Hall–Kier alpha value is -3.39. The topological polar surface area (TPSA) is 73.4 Å². The van der Waals surface area contributed by atoms with E-state index in [1.807, 2.05) is 4.90 Å². The maximum atomic E-state index is 13.9. The Morgan fingerprint density at radius 3 is 2.47 bits per heavy atom. The second-order valence-corrected chi connectivity index (χ2v) is 7.19. The van der Waals surface area contributed by atoms with E-state index in [0.717, 1.165) is 0 Å². The van der Waals surface area contributed by atoms with Crippen molar-refractivity contribution in [2.24, 2.45) is 0 Å². The highest BCUT2D eigenvalue weighted by atomic mass is 35.5. The molecular formula is C21H20ClFN6O. The molecule has 4 rings (SSSR count). The van der Waals surface area contributed by atoms with Gasteiger partial charge in [-0.3, -0.25) is 0 Å². The van der Waals surface area contributed by atoms with Gasteiger partial charge in [0.25, 0.3) is 0 Å². The van der Waals surface area contributed by atoms with E-state index in [0.29, 0.717) is 54.3 Å². The number of halogens is 2. The number of aromatic nitrogens is 2. The highest BCUT2D eigenvalue weighted by Gasteiger charge is 2.23. The Morgan fingerprint density at radius 1 is 1.00 bits per heavy atom. The van der Waals surface area contributed by atoms with E-state index >= 15 is 0 Å². The van der Waals surface area contributed by atoms with Crippen molar-refractivity contribution < 1.29 is 9.18 Å². The lowest BCUT2D eigenvalue weighted by molar-refractivity contribution is 0.208. The second-order valence-electron chi connectivity index (χ2n) is 6.76. The van der Waals surface area contributed by atoms with Crippen molar-refractivity contribution in [3.05, 3.63) is 71.6 Å². The summed E-state index contributed by atoms with van der Waals surface area (Å²) < 4.78 is 13.9. The lowest BCUT2D eigenvalue weighted by Gasteiger charge is -2.34. The largest absolute Gasteiger partial charge is 0.338 e. The van der Waals surface area contributed by atoms with Crippen LogP contribution < -0.4 is 15.5 Å². The zero-order valence-corrected chi connectivity index (χ0v) is 16.8. The fourth-order valence-electron chi connectivity index (χ4n) is 3.12. The van der Waals surface area contributed by atoms with Crippen LogP contribution in [-0.2, 0) is 0 Å². The molecule has 3 aromatic rings. The fourth-order valence-corrected chi connectivity index (χ4v) is 3.24. The molecule has 9 heteroatoms. The molecule has 0 saturated carbocycles. The Kier molecular flexibility index (Phi) is 5.94. The van der Waals surface area contributed by atoms with Crippen LogP contribution >= 0.6 is 11.6 Å². The SMILES string of the molecule is O=C(Nc1ccc(Cl)cc1)N1CCN(c2nccc(Nc3ccccc3F)n2)CC1. The van der Waals surface area contributed by atoms with Crippen LogP contribution in [0, 0.1) is 5.82 Å². The molecule has 0 aliphatic carbocycles. The van der Waals surface area contributed by atoms with Gasteiger partial charge in [-0.15, -0.1) is 0 Å². The molecule has 7 nitrogen and oxygen atoms in total. The third-order valence-corrected chi connectivity index (χ3v) is 4.98. The summed E-state index contributed by atoms with van der Waals surface area (Å²) in [6.45, 7) is 2.26. The number of hydrogen-bond acceptors (Lipinski definition) is 5. The zero-order chi connectivity index (χ0) is 20.9. The van der Waals surface area contributed by atoms with Crippen molar-refractivity contribution in [1.82, 2.24) is 14.9 Å². The predicted octanol–water partition coefficient (Wildman–Crippen LogP) is 4.37. The maximum Gasteiger partial charge on any atom is 0.321 e. The quantitative estimate of drug-likeness (QED) is 0.648. The monoisotopic (exact) mass is 426 g/mol. The summed E-state index contributed by atoms with van der Waals surface area (Å²) in [6.07, 6.45) is 1.63. The first-order valence-electron chi connectivity index (χ1n) is 9.49. The minimum absolute atomic E-state index is 0.159. The van der Waals surface area contributed by atoms with Gasteiger partial charge >= 0.3 is 6.03 Å². The fraction of sp³-hybridized carbons (Fsp3) is 0.190. The number of amides is 2. The van der Waals surface area contributed by atoms with E-state index in [9.17, 15) is 9.18 Å². The van der Waals surface area contributed by atoms with E-state index < -0.39 is 0 Å². The van der Waals surface area contributed by atoms with E-state index in [4.69, 9.17) is 11.6 Å². The molecule has 0 radical (unpaired) electrons. The average molecular weight is 427 g/mol. The van der Waals surface area contributed by atoms with Gasteiger partial charge in [-0.1, -0.05) is 23.7 Å². The number of para-hydroxylation sites is 1. The summed E-state index contributed by atoms with van der Waals surface area (Å²) >= 11 is 5.87. The molecular weight excluding hydrogens is 407 g/mol. The molecule has 30 heavy (non-hydrogen) atoms. The summed E-state index contributed by atoms with van der Waals surface area (Å²) in [4.78, 5) is 25.0. The summed E-state index contributed by atoms with van der Waals surface area (Å²) in [5, 5.41) is 6.46. The molecule has 1 fully saturated rings. The Labute approximate surface area is 178 Å². The van der Waals surface area contributed by atoms with Crippen molar-refractivity contribution in [3.8, 4) is 0 Å². The number of piperazine rings is 1. The molecule has 0 bridgehead atoms. The molecule has 1 aliphatic rings. The first-order chi connectivity index (χ1) is 14.6. The van der Waals surface area contributed by atoms with E-state index in [2.05, 4.69) is 20.6 Å². The van der Waals surface area contributed by atoms with Gasteiger partial charge in [0.05, 0.1) is 5.69 Å². The van der Waals surface area contributed by atoms with E-state index in [1.54, 1.807) is 59.6 Å². The number of carbonyl (C=O) groups excluding carboxylic acids is 1. The van der Waals surface area contributed by atoms with Crippen LogP contribution in [0.2, 0.25) is 5.02 Å². The number of carbonyl (C=O) groups is 1. The number of urea groups is 1. The molecule has 0 unspecified atom stereocenters. The normalized spacial score (nSPS) is 13.8.